The third kappa shape index (κ3) is 49.6. The first-order chi connectivity index (χ1) is 32.0. The van der Waals surface area contributed by atoms with E-state index in [1.807, 2.05) is 72.9 Å². The van der Waals surface area contributed by atoms with E-state index in [0.717, 1.165) is 96.3 Å². The van der Waals surface area contributed by atoms with Gasteiger partial charge in [0.2, 0.25) is 0 Å². The van der Waals surface area contributed by atoms with Crippen molar-refractivity contribution in [2.45, 2.75) is 168 Å². The first kappa shape index (κ1) is 59.8. The highest BCUT2D eigenvalue weighted by atomic mass is 16.6. The zero-order chi connectivity index (χ0) is 47.2. The topological polar surface area (TPSA) is 78.9 Å². The smallest absolute Gasteiger partial charge is 0.306 e. The zero-order valence-corrected chi connectivity index (χ0v) is 40.7. The minimum atomic E-state index is -0.851. The van der Waals surface area contributed by atoms with Gasteiger partial charge in [0.05, 0.1) is 0 Å². The molecule has 0 fully saturated rings. The number of allylic oxidation sites excluding steroid dienone is 28. The molecule has 1 atom stereocenters. The van der Waals surface area contributed by atoms with Crippen molar-refractivity contribution in [1.82, 2.24) is 0 Å². The highest BCUT2D eigenvalue weighted by Gasteiger charge is 2.19. The minimum Gasteiger partial charge on any atom is -0.462 e. The van der Waals surface area contributed by atoms with Gasteiger partial charge in [-0.25, -0.2) is 0 Å². The van der Waals surface area contributed by atoms with Crippen molar-refractivity contribution in [1.29, 1.82) is 0 Å². The number of rotatable bonds is 41. The number of hydrogen-bond donors (Lipinski definition) is 0. The molecule has 0 saturated heterocycles. The van der Waals surface area contributed by atoms with Gasteiger partial charge in [0.1, 0.15) is 13.2 Å². The second-order valence-electron chi connectivity index (χ2n) is 15.4. The van der Waals surface area contributed by atoms with Crippen LogP contribution in [0.25, 0.3) is 0 Å². The van der Waals surface area contributed by atoms with E-state index in [4.69, 9.17) is 14.2 Å². The molecule has 6 nitrogen and oxygen atoms in total. The molecule has 0 aliphatic rings. The van der Waals surface area contributed by atoms with E-state index in [9.17, 15) is 14.4 Å². The lowest BCUT2D eigenvalue weighted by atomic mass is 10.1. The molecule has 0 spiro atoms. The van der Waals surface area contributed by atoms with E-state index >= 15 is 0 Å². The molecule has 0 heterocycles. The molecule has 1 unspecified atom stereocenters. The molecule has 0 amide bonds. The van der Waals surface area contributed by atoms with E-state index in [-0.39, 0.29) is 44.0 Å². The van der Waals surface area contributed by atoms with Gasteiger partial charge in [-0.05, 0) is 96.3 Å². The number of unbranched alkanes of at least 4 members (excludes halogenated alkanes) is 8. The van der Waals surface area contributed by atoms with E-state index in [2.05, 4.69) is 118 Å². The highest BCUT2D eigenvalue weighted by Crippen LogP contribution is 2.10. The highest BCUT2D eigenvalue weighted by molar-refractivity contribution is 5.71. The molecular formula is C59H86O6. The average Bonchev–Trinajstić information content (AvgIpc) is 3.30. The standard InChI is InChI=1S/C59H86O6/c1-4-7-10-13-16-19-22-24-26-28-29-31-32-34-37-40-43-46-49-52-58(61)64-55-56(54-63-57(60)51-48-45-42-39-36-21-18-15-12-9-6-3)65-59(62)53-50-47-44-41-38-35-33-30-27-25-23-20-17-14-11-8-5-2/h7-8,10-11,14-21,23-27,29-31,33-38,43,46,56H,4-6,9,12-13,22,28,32,39-42,44-45,47-55H2,1-3H3/b10-7-,11-8-,17-14-,18-15-,19-16-,23-20-,26-24-,27-25-,31-29-,33-30+,36-21-,37-34-,38-35-,46-43-. The summed E-state index contributed by atoms with van der Waals surface area (Å²) in [5.74, 6) is -1.12. The molecule has 0 aliphatic carbocycles. The lowest BCUT2D eigenvalue weighted by Crippen LogP contribution is -2.30. The van der Waals surface area contributed by atoms with Crippen molar-refractivity contribution in [3.8, 4) is 0 Å². The SMILES string of the molecule is CC\C=C/C=C\C=C/C=C\C=C\C=C/CCCCCC(=O)OC(COC(=O)CC/C=C\C/C=C\C/C=C\C/C=C\C/C=C\C/C=C\CC)COC(=O)CCCCC/C=C\C=C/CCCC. The Morgan fingerprint density at radius 3 is 1.17 bits per heavy atom. The number of esters is 3. The Labute approximate surface area is 396 Å². The second kappa shape index (κ2) is 51.4. The predicted octanol–water partition coefficient (Wildman–Crippen LogP) is 16.4. The molecule has 0 bridgehead atoms. The summed E-state index contributed by atoms with van der Waals surface area (Å²) in [6.07, 6.45) is 76.3. The first-order valence-electron chi connectivity index (χ1n) is 24.7. The lowest BCUT2D eigenvalue weighted by molar-refractivity contribution is -0.166. The Kier molecular flexibility index (Phi) is 47.3. The van der Waals surface area contributed by atoms with Gasteiger partial charge >= 0.3 is 17.9 Å². The summed E-state index contributed by atoms with van der Waals surface area (Å²) >= 11 is 0. The first-order valence-corrected chi connectivity index (χ1v) is 24.7. The minimum absolute atomic E-state index is 0.143. The summed E-state index contributed by atoms with van der Waals surface area (Å²) in [6.45, 7) is 6.15. The van der Waals surface area contributed by atoms with Crippen LogP contribution in [0.2, 0.25) is 0 Å². The predicted molar refractivity (Wildman–Crippen MR) is 278 cm³/mol. The molecule has 0 saturated carbocycles. The van der Waals surface area contributed by atoms with Gasteiger partial charge in [-0.3, -0.25) is 14.4 Å². The Morgan fingerprint density at radius 2 is 0.708 bits per heavy atom. The zero-order valence-electron chi connectivity index (χ0n) is 40.7. The molecule has 0 radical (unpaired) electrons. The van der Waals surface area contributed by atoms with Gasteiger partial charge in [0, 0.05) is 19.3 Å². The number of carbonyl (C=O) groups is 3. The van der Waals surface area contributed by atoms with E-state index in [0.29, 0.717) is 19.3 Å². The molecule has 0 rings (SSSR count). The molecule has 0 aromatic carbocycles. The summed E-state index contributed by atoms with van der Waals surface area (Å²) in [4.78, 5) is 37.9. The van der Waals surface area contributed by atoms with Crippen molar-refractivity contribution in [3.05, 3.63) is 170 Å². The number of ether oxygens (including phenoxy) is 3. The Bertz CT molecular complexity index is 1590. The molecule has 0 aromatic heterocycles. The summed E-state index contributed by atoms with van der Waals surface area (Å²) in [6, 6.07) is 0. The summed E-state index contributed by atoms with van der Waals surface area (Å²) in [5, 5.41) is 0. The van der Waals surface area contributed by atoms with Crippen molar-refractivity contribution in [3.63, 3.8) is 0 Å². The van der Waals surface area contributed by atoms with Crippen LogP contribution in [0.1, 0.15) is 162 Å². The summed E-state index contributed by atoms with van der Waals surface area (Å²) in [7, 11) is 0. The normalized spacial score (nSPS) is 13.6. The van der Waals surface area contributed by atoms with E-state index in [1.54, 1.807) is 0 Å². The summed E-state index contributed by atoms with van der Waals surface area (Å²) in [5.41, 5.74) is 0. The third-order valence-corrected chi connectivity index (χ3v) is 9.39. The average molecular weight is 891 g/mol. The Balaban J connectivity index is 4.66. The van der Waals surface area contributed by atoms with Gasteiger partial charge in [-0.2, -0.15) is 0 Å². The quantitative estimate of drug-likeness (QED) is 0.0200. The molecule has 6 heteroatoms. The Hall–Kier alpha value is -5.23. The van der Waals surface area contributed by atoms with Gasteiger partial charge in [-0.1, -0.05) is 217 Å². The molecule has 0 aliphatic heterocycles. The van der Waals surface area contributed by atoms with Gasteiger partial charge in [0.25, 0.3) is 0 Å². The van der Waals surface area contributed by atoms with Crippen LogP contribution < -0.4 is 0 Å². The molecule has 0 aromatic rings. The fourth-order valence-electron chi connectivity index (χ4n) is 5.71. The maximum absolute atomic E-state index is 12.8. The van der Waals surface area contributed by atoms with E-state index < -0.39 is 6.10 Å². The lowest BCUT2D eigenvalue weighted by Gasteiger charge is -2.18. The largest absolute Gasteiger partial charge is 0.462 e. The van der Waals surface area contributed by atoms with Crippen LogP contribution >= 0.6 is 0 Å². The van der Waals surface area contributed by atoms with Crippen molar-refractivity contribution >= 4 is 17.9 Å². The third-order valence-electron chi connectivity index (χ3n) is 9.39. The second-order valence-corrected chi connectivity index (χ2v) is 15.4. The summed E-state index contributed by atoms with van der Waals surface area (Å²) < 4.78 is 16.6. The van der Waals surface area contributed by atoms with Crippen molar-refractivity contribution in [2.24, 2.45) is 0 Å². The molecular weight excluding hydrogens is 805 g/mol. The van der Waals surface area contributed by atoms with Gasteiger partial charge < -0.3 is 14.2 Å². The van der Waals surface area contributed by atoms with Crippen LogP contribution in [0.5, 0.6) is 0 Å². The fraction of sp³-hybridized carbons (Fsp3) is 0.475. The van der Waals surface area contributed by atoms with Gasteiger partial charge in [0.15, 0.2) is 6.10 Å². The Morgan fingerprint density at radius 1 is 0.338 bits per heavy atom. The van der Waals surface area contributed by atoms with Crippen LogP contribution in [-0.2, 0) is 28.6 Å². The van der Waals surface area contributed by atoms with Crippen LogP contribution in [0.4, 0.5) is 0 Å². The molecule has 65 heavy (non-hydrogen) atoms. The molecule has 358 valence electrons. The van der Waals surface area contributed by atoms with E-state index in [1.165, 1.54) is 12.8 Å². The van der Waals surface area contributed by atoms with Crippen molar-refractivity contribution in [2.75, 3.05) is 13.2 Å². The van der Waals surface area contributed by atoms with Gasteiger partial charge in [-0.15, -0.1) is 0 Å². The van der Waals surface area contributed by atoms with Crippen LogP contribution in [-0.4, -0.2) is 37.2 Å². The van der Waals surface area contributed by atoms with Crippen LogP contribution in [0, 0.1) is 0 Å². The monoisotopic (exact) mass is 891 g/mol. The maximum Gasteiger partial charge on any atom is 0.306 e. The number of hydrogen-bond acceptors (Lipinski definition) is 6. The fourth-order valence-corrected chi connectivity index (χ4v) is 5.71. The molecule has 0 N–H and O–H groups in total. The van der Waals surface area contributed by atoms with Crippen LogP contribution in [0.15, 0.2) is 170 Å². The van der Waals surface area contributed by atoms with Crippen molar-refractivity contribution < 1.29 is 28.6 Å². The number of carbonyl (C=O) groups excluding carboxylic acids is 3. The van der Waals surface area contributed by atoms with Crippen LogP contribution in [0.3, 0.4) is 0 Å². The maximum atomic E-state index is 12.8.